The zero-order valence-electron chi connectivity index (χ0n) is 9.72. The Balaban J connectivity index is 1.86. The van der Waals surface area contributed by atoms with Gasteiger partial charge in [-0.05, 0) is 56.5 Å². The molecule has 0 aliphatic carbocycles. The molecule has 1 atom stereocenters. The van der Waals surface area contributed by atoms with Crippen molar-refractivity contribution in [1.82, 2.24) is 5.32 Å². The fourth-order valence-corrected chi connectivity index (χ4v) is 2.06. The fraction of sp³-hybridized carbons (Fsp3) is 0.538. The third kappa shape index (κ3) is 2.95. The van der Waals surface area contributed by atoms with Crippen LogP contribution in [0.4, 0.5) is 10.1 Å². The molecule has 88 valence electrons. The third-order valence-corrected chi connectivity index (χ3v) is 3.17. The second-order valence-electron chi connectivity index (χ2n) is 4.56. The van der Waals surface area contributed by atoms with Crippen molar-refractivity contribution >= 4 is 5.69 Å². The fourth-order valence-electron chi connectivity index (χ4n) is 2.06. The maximum absolute atomic E-state index is 13.3. The number of anilines is 1. The molecule has 1 aromatic rings. The first-order valence-corrected chi connectivity index (χ1v) is 5.96. The number of hydrogen-bond acceptors (Lipinski definition) is 2. The molecular weight excluding hydrogens is 203 g/mol. The predicted molar refractivity (Wildman–Crippen MR) is 65.2 cm³/mol. The van der Waals surface area contributed by atoms with Crippen LogP contribution in [0.3, 0.4) is 0 Å². The SMILES string of the molecule is Cc1ccc(NCC2CCCNC2)cc1F. The summed E-state index contributed by atoms with van der Waals surface area (Å²) in [5, 5.41) is 6.68. The van der Waals surface area contributed by atoms with Crippen molar-refractivity contribution in [2.45, 2.75) is 19.8 Å². The maximum Gasteiger partial charge on any atom is 0.128 e. The first-order chi connectivity index (χ1) is 7.75. The van der Waals surface area contributed by atoms with Crippen LogP contribution in [0.15, 0.2) is 18.2 Å². The molecule has 1 aromatic carbocycles. The highest BCUT2D eigenvalue weighted by atomic mass is 19.1. The highest BCUT2D eigenvalue weighted by Gasteiger charge is 2.12. The Hall–Kier alpha value is -1.09. The highest BCUT2D eigenvalue weighted by Crippen LogP contribution is 2.15. The quantitative estimate of drug-likeness (QED) is 0.821. The molecule has 1 aliphatic rings. The molecule has 16 heavy (non-hydrogen) atoms. The summed E-state index contributed by atoms with van der Waals surface area (Å²) in [5.74, 6) is 0.532. The molecule has 1 aliphatic heterocycles. The van der Waals surface area contributed by atoms with Gasteiger partial charge in [-0.3, -0.25) is 0 Å². The molecule has 1 unspecified atom stereocenters. The topological polar surface area (TPSA) is 24.1 Å². The van der Waals surface area contributed by atoms with Gasteiger partial charge in [0.1, 0.15) is 5.82 Å². The monoisotopic (exact) mass is 222 g/mol. The van der Waals surface area contributed by atoms with Crippen molar-refractivity contribution < 1.29 is 4.39 Å². The van der Waals surface area contributed by atoms with Crippen LogP contribution in [0.1, 0.15) is 18.4 Å². The normalized spacial score (nSPS) is 20.8. The van der Waals surface area contributed by atoms with Gasteiger partial charge in [0.15, 0.2) is 0 Å². The van der Waals surface area contributed by atoms with Crippen LogP contribution in [0.25, 0.3) is 0 Å². The summed E-state index contributed by atoms with van der Waals surface area (Å²) in [7, 11) is 0. The molecule has 1 heterocycles. The number of piperidine rings is 1. The van der Waals surface area contributed by atoms with Crippen LogP contribution in [0, 0.1) is 18.7 Å². The van der Waals surface area contributed by atoms with Gasteiger partial charge in [0.25, 0.3) is 0 Å². The van der Waals surface area contributed by atoms with Gasteiger partial charge in [-0.15, -0.1) is 0 Å². The number of nitrogens with one attached hydrogen (secondary N) is 2. The van der Waals surface area contributed by atoms with Gasteiger partial charge in [0, 0.05) is 12.2 Å². The summed E-state index contributed by atoms with van der Waals surface area (Å²) in [5.41, 5.74) is 1.58. The van der Waals surface area contributed by atoms with E-state index in [1.807, 2.05) is 12.1 Å². The first-order valence-electron chi connectivity index (χ1n) is 5.96. The standard InChI is InChI=1S/C13H19FN2/c1-10-4-5-12(7-13(10)14)16-9-11-3-2-6-15-8-11/h4-5,7,11,15-16H,2-3,6,8-9H2,1H3. The largest absolute Gasteiger partial charge is 0.385 e. The molecule has 2 nitrogen and oxygen atoms in total. The number of hydrogen-bond donors (Lipinski definition) is 2. The van der Waals surface area contributed by atoms with Gasteiger partial charge in [0.05, 0.1) is 0 Å². The lowest BCUT2D eigenvalue weighted by atomic mass is 10.00. The average molecular weight is 222 g/mol. The lowest BCUT2D eigenvalue weighted by molar-refractivity contribution is 0.393. The summed E-state index contributed by atoms with van der Waals surface area (Å²) in [6.45, 7) is 4.91. The minimum absolute atomic E-state index is 0.133. The average Bonchev–Trinajstić information content (AvgIpc) is 2.32. The minimum Gasteiger partial charge on any atom is -0.385 e. The number of aryl methyl sites for hydroxylation is 1. The van der Waals surface area contributed by atoms with Crippen molar-refractivity contribution in [3.05, 3.63) is 29.6 Å². The summed E-state index contributed by atoms with van der Waals surface area (Å²) in [6.07, 6.45) is 2.50. The van der Waals surface area contributed by atoms with Crippen LogP contribution < -0.4 is 10.6 Å². The Morgan fingerprint density at radius 2 is 2.38 bits per heavy atom. The van der Waals surface area contributed by atoms with Crippen molar-refractivity contribution in [3.63, 3.8) is 0 Å². The number of halogens is 1. The van der Waals surface area contributed by atoms with E-state index >= 15 is 0 Å². The third-order valence-electron chi connectivity index (χ3n) is 3.17. The zero-order valence-corrected chi connectivity index (χ0v) is 9.72. The molecule has 2 N–H and O–H groups in total. The summed E-state index contributed by atoms with van der Waals surface area (Å²) in [4.78, 5) is 0. The van der Waals surface area contributed by atoms with E-state index in [1.54, 1.807) is 13.0 Å². The van der Waals surface area contributed by atoms with Crippen molar-refractivity contribution in [3.8, 4) is 0 Å². The van der Waals surface area contributed by atoms with Gasteiger partial charge in [-0.2, -0.15) is 0 Å². The molecule has 0 aromatic heterocycles. The molecular formula is C13H19FN2. The maximum atomic E-state index is 13.3. The summed E-state index contributed by atoms with van der Waals surface area (Å²) >= 11 is 0. The van der Waals surface area contributed by atoms with Gasteiger partial charge >= 0.3 is 0 Å². The van der Waals surface area contributed by atoms with Crippen molar-refractivity contribution in [2.24, 2.45) is 5.92 Å². The minimum atomic E-state index is -0.133. The molecule has 3 heteroatoms. The van der Waals surface area contributed by atoms with Crippen molar-refractivity contribution in [1.29, 1.82) is 0 Å². The second-order valence-corrected chi connectivity index (χ2v) is 4.56. The van der Waals surface area contributed by atoms with Crippen LogP contribution in [0.2, 0.25) is 0 Å². The van der Waals surface area contributed by atoms with Crippen LogP contribution in [-0.4, -0.2) is 19.6 Å². The van der Waals surface area contributed by atoms with Gasteiger partial charge in [-0.25, -0.2) is 4.39 Å². The van der Waals surface area contributed by atoms with Gasteiger partial charge < -0.3 is 10.6 Å². The molecule has 0 spiro atoms. The Labute approximate surface area is 96.2 Å². The lowest BCUT2D eigenvalue weighted by Gasteiger charge is -2.23. The molecule has 1 saturated heterocycles. The highest BCUT2D eigenvalue weighted by molar-refractivity contribution is 5.45. The van der Waals surface area contributed by atoms with E-state index in [1.165, 1.54) is 12.8 Å². The predicted octanol–water partition coefficient (Wildman–Crippen LogP) is 2.55. The van der Waals surface area contributed by atoms with E-state index in [9.17, 15) is 4.39 Å². The molecule has 0 amide bonds. The van der Waals surface area contributed by atoms with E-state index in [0.717, 1.165) is 25.3 Å². The molecule has 0 saturated carbocycles. The summed E-state index contributed by atoms with van der Waals surface area (Å²) < 4.78 is 13.3. The van der Waals surface area contributed by atoms with E-state index in [2.05, 4.69) is 10.6 Å². The Morgan fingerprint density at radius 1 is 1.50 bits per heavy atom. The number of benzene rings is 1. The van der Waals surface area contributed by atoms with E-state index in [0.29, 0.717) is 11.5 Å². The first kappa shape index (κ1) is 11.4. The zero-order chi connectivity index (χ0) is 11.4. The van der Waals surface area contributed by atoms with Crippen LogP contribution in [0.5, 0.6) is 0 Å². The van der Waals surface area contributed by atoms with E-state index < -0.39 is 0 Å². The summed E-state index contributed by atoms with van der Waals surface area (Å²) in [6, 6.07) is 5.33. The molecule has 0 radical (unpaired) electrons. The van der Waals surface area contributed by atoms with E-state index in [4.69, 9.17) is 0 Å². The van der Waals surface area contributed by atoms with Crippen molar-refractivity contribution in [2.75, 3.05) is 25.0 Å². The Bertz CT molecular complexity index is 346. The van der Waals surface area contributed by atoms with Crippen LogP contribution >= 0.6 is 0 Å². The van der Waals surface area contributed by atoms with E-state index in [-0.39, 0.29) is 5.82 Å². The molecule has 0 bridgehead atoms. The van der Waals surface area contributed by atoms with Crippen LogP contribution in [-0.2, 0) is 0 Å². The smallest absolute Gasteiger partial charge is 0.128 e. The number of rotatable bonds is 3. The Morgan fingerprint density at radius 3 is 3.06 bits per heavy atom. The molecule has 2 rings (SSSR count). The Kier molecular flexibility index (Phi) is 3.78. The van der Waals surface area contributed by atoms with Gasteiger partial charge in [-0.1, -0.05) is 6.07 Å². The van der Waals surface area contributed by atoms with Gasteiger partial charge in [0.2, 0.25) is 0 Å². The lowest BCUT2D eigenvalue weighted by Crippen LogP contribution is -2.33. The molecule has 1 fully saturated rings. The second kappa shape index (κ2) is 5.30.